The van der Waals surface area contributed by atoms with Crippen molar-refractivity contribution in [1.29, 1.82) is 0 Å². The summed E-state index contributed by atoms with van der Waals surface area (Å²) in [5.74, 6) is 0. The molecule has 2 rings (SSSR count). The molecule has 3 heteroatoms. The summed E-state index contributed by atoms with van der Waals surface area (Å²) in [5, 5.41) is 4.63. The van der Waals surface area contributed by atoms with E-state index in [0.29, 0.717) is 0 Å². The summed E-state index contributed by atoms with van der Waals surface area (Å²) in [6, 6.07) is 8.33. The number of hydrogen-bond donors (Lipinski definition) is 1. The Morgan fingerprint density at radius 3 is 2.61 bits per heavy atom. The highest BCUT2D eigenvalue weighted by molar-refractivity contribution is 5.40. The molecule has 0 saturated heterocycles. The standard InChI is InChI=1S/C15H21N3/c1-5-15-11(3)17-18(12(15)4)14-8-6-7-13(9-14)10(2)16/h6-10H,5,16H2,1-4H3. The third-order valence-corrected chi connectivity index (χ3v) is 3.44. The zero-order valence-corrected chi connectivity index (χ0v) is 11.6. The number of nitrogens with two attached hydrogens (primary N) is 1. The first-order valence-corrected chi connectivity index (χ1v) is 6.45. The van der Waals surface area contributed by atoms with E-state index in [-0.39, 0.29) is 6.04 Å². The van der Waals surface area contributed by atoms with Gasteiger partial charge in [-0.3, -0.25) is 0 Å². The predicted molar refractivity (Wildman–Crippen MR) is 75.0 cm³/mol. The number of aryl methyl sites for hydroxylation is 1. The van der Waals surface area contributed by atoms with Gasteiger partial charge in [0.05, 0.1) is 11.4 Å². The molecule has 1 heterocycles. The zero-order valence-electron chi connectivity index (χ0n) is 11.6. The highest BCUT2D eigenvalue weighted by atomic mass is 15.3. The van der Waals surface area contributed by atoms with E-state index >= 15 is 0 Å². The second-order valence-corrected chi connectivity index (χ2v) is 4.80. The third-order valence-electron chi connectivity index (χ3n) is 3.44. The fraction of sp³-hybridized carbons (Fsp3) is 0.400. The van der Waals surface area contributed by atoms with Gasteiger partial charge in [-0.1, -0.05) is 19.1 Å². The van der Waals surface area contributed by atoms with Gasteiger partial charge in [-0.05, 0) is 50.5 Å². The van der Waals surface area contributed by atoms with Crippen LogP contribution in [0.15, 0.2) is 24.3 Å². The van der Waals surface area contributed by atoms with Crippen LogP contribution in [0.5, 0.6) is 0 Å². The number of nitrogens with zero attached hydrogens (tertiary/aromatic N) is 2. The average Bonchev–Trinajstić information content (AvgIpc) is 2.64. The summed E-state index contributed by atoms with van der Waals surface area (Å²) in [4.78, 5) is 0. The Kier molecular flexibility index (Phi) is 3.53. The fourth-order valence-electron chi connectivity index (χ4n) is 2.38. The van der Waals surface area contributed by atoms with Crippen LogP contribution < -0.4 is 5.73 Å². The lowest BCUT2D eigenvalue weighted by molar-refractivity contribution is 0.799. The summed E-state index contributed by atoms with van der Waals surface area (Å²) in [7, 11) is 0. The van der Waals surface area contributed by atoms with E-state index in [1.165, 1.54) is 11.3 Å². The fourth-order valence-corrected chi connectivity index (χ4v) is 2.38. The lowest BCUT2D eigenvalue weighted by Crippen LogP contribution is -2.06. The van der Waals surface area contributed by atoms with Crippen LogP contribution in [0.3, 0.4) is 0 Å². The summed E-state index contributed by atoms with van der Waals surface area (Å²) >= 11 is 0. The second-order valence-electron chi connectivity index (χ2n) is 4.80. The minimum Gasteiger partial charge on any atom is -0.324 e. The topological polar surface area (TPSA) is 43.8 Å². The molecule has 1 atom stereocenters. The van der Waals surface area contributed by atoms with Crippen molar-refractivity contribution in [2.24, 2.45) is 5.73 Å². The van der Waals surface area contributed by atoms with Crippen molar-refractivity contribution in [2.45, 2.75) is 40.2 Å². The number of aromatic nitrogens is 2. The zero-order chi connectivity index (χ0) is 13.3. The molecule has 0 aliphatic carbocycles. The van der Waals surface area contributed by atoms with E-state index in [4.69, 9.17) is 5.73 Å². The third kappa shape index (κ3) is 2.18. The molecular formula is C15H21N3. The highest BCUT2D eigenvalue weighted by Gasteiger charge is 2.11. The van der Waals surface area contributed by atoms with Crippen LogP contribution in [0.2, 0.25) is 0 Å². The summed E-state index contributed by atoms with van der Waals surface area (Å²) < 4.78 is 2.01. The second kappa shape index (κ2) is 4.94. The van der Waals surface area contributed by atoms with E-state index in [2.05, 4.69) is 44.1 Å². The average molecular weight is 243 g/mol. The maximum Gasteiger partial charge on any atom is 0.0652 e. The Hall–Kier alpha value is -1.61. The first-order valence-electron chi connectivity index (χ1n) is 6.45. The van der Waals surface area contributed by atoms with Gasteiger partial charge >= 0.3 is 0 Å². The van der Waals surface area contributed by atoms with Crippen LogP contribution in [0, 0.1) is 13.8 Å². The van der Waals surface area contributed by atoms with Gasteiger partial charge in [0.15, 0.2) is 0 Å². The molecule has 2 N–H and O–H groups in total. The van der Waals surface area contributed by atoms with Gasteiger partial charge in [-0.2, -0.15) is 5.10 Å². The van der Waals surface area contributed by atoms with E-state index in [0.717, 1.165) is 23.4 Å². The molecule has 96 valence electrons. The summed E-state index contributed by atoms with van der Waals surface area (Å²) in [6.45, 7) is 8.35. The Balaban J connectivity index is 2.52. The quantitative estimate of drug-likeness (QED) is 0.900. The van der Waals surface area contributed by atoms with Gasteiger partial charge in [0, 0.05) is 11.7 Å². The van der Waals surface area contributed by atoms with Crippen LogP contribution in [0.25, 0.3) is 5.69 Å². The SMILES string of the molecule is CCc1c(C)nn(-c2cccc(C(C)N)c2)c1C. The van der Waals surface area contributed by atoms with Crippen molar-refractivity contribution in [2.75, 3.05) is 0 Å². The Morgan fingerprint density at radius 2 is 2.06 bits per heavy atom. The van der Waals surface area contributed by atoms with Crippen LogP contribution in [0.4, 0.5) is 0 Å². The van der Waals surface area contributed by atoms with Crippen LogP contribution >= 0.6 is 0 Å². The largest absolute Gasteiger partial charge is 0.324 e. The molecule has 0 spiro atoms. The minimum atomic E-state index is 0.0487. The molecule has 1 aromatic carbocycles. The van der Waals surface area contributed by atoms with Crippen molar-refractivity contribution in [3.05, 3.63) is 46.8 Å². The molecule has 2 aromatic rings. The van der Waals surface area contributed by atoms with E-state index in [9.17, 15) is 0 Å². The number of rotatable bonds is 3. The summed E-state index contributed by atoms with van der Waals surface area (Å²) in [5.41, 5.74) is 11.8. The molecule has 0 fully saturated rings. The van der Waals surface area contributed by atoms with Gasteiger partial charge in [-0.15, -0.1) is 0 Å². The van der Waals surface area contributed by atoms with E-state index in [1.54, 1.807) is 0 Å². The lowest BCUT2D eigenvalue weighted by Gasteiger charge is -2.09. The monoisotopic (exact) mass is 243 g/mol. The smallest absolute Gasteiger partial charge is 0.0652 e. The first kappa shape index (κ1) is 12.8. The molecule has 3 nitrogen and oxygen atoms in total. The highest BCUT2D eigenvalue weighted by Crippen LogP contribution is 2.20. The summed E-state index contributed by atoms with van der Waals surface area (Å²) in [6.07, 6.45) is 1.02. The maximum atomic E-state index is 5.93. The predicted octanol–water partition coefficient (Wildman–Crippen LogP) is 3.07. The molecule has 0 aliphatic rings. The lowest BCUT2D eigenvalue weighted by atomic mass is 10.1. The van der Waals surface area contributed by atoms with Crippen molar-refractivity contribution < 1.29 is 0 Å². The molecule has 18 heavy (non-hydrogen) atoms. The van der Waals surface area contributed by atoms with Gasteiger partial charge in [0.2, 0.25) is 0 Å². The normalized spacial score (nSPS) is 12.7. The van der Waals surface area contributed by atoms with Gasteiger partial charge in [0.1, 0.15) is 0 Å². The van der Waals surface area contributed by atoms with Crippen molar-refractivity contribution in [3.8, 4) is 5.69 Å². The van der Waals surface area contributed by atoms with Gasteiger partial charge in [-0.25, -0.2) is 4.68 Å². The van der Waals surface area contributed by atoms with E-state index in [1.807, 2.05) is 17.7 Å². The van der Waals surface area contributed by atoms with Crippen LogP contribution in [0.1, 0.15) is 42.4 Å². The molecule has 0 aliphatic heterocycles. The van der Waals surface area contributed by atoms with Crippen molar-refractivity contribution in [3.63, 3.8) is 0 Å². The molecule has 0 amide bonds. The molecular weight excluding hydrogens is 222 g/mol. The molecule has 0 bridgehead atoms. The molecule has 1 unspecified atom stereocenters. The first-order chi connectivity index (χ1) is 8.54. The van der Waals surface area contributed by atoms with Crippen molar-refractivity contribution >= 4 is 0 Å². The molecule has 0 saturated carbocycles. The van der Waals surface area contributed by atoms with Crippen LogP contribution in [-0.4, -0.2) is 9.78 Å². The number of hydrogen-bond acceptors (Lipinski definition) is 2. The minimum absolute atomic E-state index is 0.0487. The molecule has 1 aromatic heterocycles. The Morgan fingerprint density at radius 1 is 1.33 bits per heavy atom. The Labute approximate surface area is 109 Å². The Bertz CT molecular complexity index is 553. The van der Waals surface area contributed by atoms with Crippen LogP contribution in [-0.2, 0) is 6.42 Å². The van der Waals surface area contributed by atoms with Gasteiger partial charge in [0.25, 0.3) is 0 Å². The van der Waals surface area contributed by atoms with Gasteiger partial charge < -0.3 is 5.73 Å². The van der Waals surface area contributed by atoms with Crippen molar-refractivity contribution in [1.82, 2.24) is 9.78 Å². The maximum absolute atomic E-state index is 5.93. The number of benzene rings is 1. The molecule has 0 radical (unpaired) electrons. The van der Waals surface area contributed by atoms with E-state index < -0.39 is 0 Å².